The molecule has 0 fully saturated rings. The van der Waals surface area contributed by atoms with Gasteiger partial charge in [-0.25, -0.2) is 8.42 Å². The van der Waals surface area contributed by atoms with Crippen LogP contribution in [0.4, 0.5) is 0 Å². The zero-order valence-corrected chi connectivity index (χ0v) is 22.0. The average Bonchev–Trinajstić information content (AvgIpc) is 2.83. The highest BCUT2D eigenvalue weighted by atomic mass is 32.2. The van der Waals surface area contributed by atoms with Gasteiger partial charge in [-0.2, -0.15) is 0 Å². The van der Waals surface area contributed by atoms with Gasteiger partial charge in [0.05, 0.1) is 4.90 Å². The third-order valence-electron chi connectivity index (χ3n) is 5.20. The molecule has 0 saturated heterocycles. The van der Waals surface area contributed by atoms with E-state index in [2.05, 4.69) is 15.2 Å². The minimum absolute atomic E-state index is 0.0900. The molecule has 0 spiro atoms. The fourth-order valence-electron chi connectivity index (χ4n) is 3.31. The normalized spacial score (nSPS) is 11.5. The topological polar surface area (TPSA) is 87.7 Å². The lowest BCUT2D eigenvalue weighted by Gasteiger charge is -2.16. The van der Waals surface area contributed by atoms with E-state index >= 15 is 0 Å². The van der Waals surface area contributed by atoms with E-state index in [1.807, 2.05) is 69.7 Å². The second-order valence-electron chi connectivity index (χ2n) is 8.42. The SMILES string of the molecule is CSc1ccc(Oc2cc(CCC(=O)NNS(=O)(=O)c3ccc(C)cc3)ccc2CN(C)C)cc1. The van der Waals surface area contributed by atoms with Crippen LogP contribution in [0.15, 0.2) is 76.5 Å². The van der Waals surface area contributed by atoms with E-state index in [1.54, 1.807) is 23.9 Å². The van der Waals surface area contributed by atoms with Crippen LogP contribution in [0, 0.1) is 6.92 Å². The number of ether oxygens (including phenoxy) is 1. The number of nitrogens with one attached hydrogen (secondary N) is 2. The van der Waals surface area contributed by atoms with Crippen LogP contribution in [-0.2, 0) is 27.8 Å². The van der Waals surface area contributed by atoms with Crippen LogP contribution in [0.2, 0.25) is 0 Å². The van der Waals surface area contributed by atoms with Crippen molar-refractivity contribution in [2.75, 3.05) is 20.4 Å². The lowest BCUT2D eigenvalue weighted by molar-refractivity contribution is -0.121. The average molecular weight is 514 g/mol. The largest absolute Gasteiger partial charge is 0.457 e. The molecule has 2 N–H and O–H groups in total. The van der Waals surface area contributed by atoms with Gasteiger partial charge in [-0.3, -0.25) is 10.2 Å². The van der Waals surface area contributed by atoms with Crippen LogP contribution >= 0.6 is 11.8 Å². The van der Waals surface area contributed by atoms with Crippen molar-refractivity contribution >= 4 is 27.7 Å². The maximum absolute atomic E-state index is 12.4. The number of nitrogens with zero attached hydrogens (tertiary/aromatic N) is 1. The van der Waals surface area contributed by atoms with Gasteiger partial charge in [0.15, 0.2) is 0 Å². The first-order chi connectivity index (χ1) is 16.7. The van der Waals surface area contributed by atoms with Gasteiger partial charge in [-0.1, -0.05) is 29.8 Å². The van der Waals surface area contributed by atoms with Crippen LogP contribution in [0.3, 0.4) is 0 Å². The summed E-state index contributed by atoms with van der Waals surface area (Å²) in [7, 11) is 0.159. The Morgan fingerprint density at radius 2 is 1.69 bits per heavy atom. The summed E-state index contributed by atoms with van der Waals surface area (Å²) in [6, 6.07) is 20.2. The quantitative estimate of drug-likeness (QED) is 0.290. The summed E-state index contributed by atoms with van der Waals surface area (Å²) < 4.78 is 30.9. The molecule has 9 heteroatoms. The van der Waals surface area contributed by atoms with Gasteiger partial charge in [0.25, 0.3) is 10.0 Å². The van der Waals surface area contributed by atoms with Crippen LogP contribution in [0.5, 0.6) is 11.5 Å². The Morgan fingerprint density at radius 1 is 1.00 bits per heavy atom. The van der Waals surface area contributed by atoms with Gasteiger partial charge >= 0.3 is 0 Å². The molecule has 0 aliphatic carbocycles. The molecule has 0 radical (unpaired) electrons. The van der Waals surface area contributed by atoms with E-state index in [1.165, 1.54) is 12.1 Å². The van der Waals surface area contributed by atoms with Gasteiger partial charge in [0.1, 0.15) is 11.5 Å². The fraction of sp³-hybridized carbons (Fsp3) is 0.269. The smallest absolute Gasteiger partial charge is 0.257 e. The summed E-state index contributed by atoms with van der Waals surface area (Å²) in [5, 5.41) is 0. The van der Waals surface area contributed by atoms with E-state index in [4.69, 9.17) is 4.74 Å². The molecule has 3 rings (SSSR count). The lowest BCUT2D eigenvalue weighted by atomic mass is 10.1. The van der Waals surface area contributed by atoms with Crippen molar-refractivity contribution < 1.29 is 17.9 Å². The molecule has 3 aromatic rings. The molecule has 186 valence electrons. The molecular formula is C26H31N3O4S2. The number of amides is 1. The van der Waals surface area contributed by atoms with E-state index in [0.29, 0.717) is 13.0 Å². The van der Waals surface area contributed by atoms with Gasteiger partial charge in [0, 0.05) is 23.4 Å². The van der Waals surface area contributed by atoms with Crippen LogP contribution in [0.25, 0.3) is 0 Å². The molecule has 35 heavy (non-hydrogen) atoms. The van der Waals surface area contributed by atoms with Crippen molar-refractivity contribution in [3.63, 3.8) is 0 Å². The third-order valence-corrected chi connectivity index (χ3v) is 7.21. The first kappa shape index (κ1) is 26.7. The van der Waals surface area contributed by atoms with Crippen molar-refractivity contribution in [2.45, 2.75) is 36.1 Å². The zero-order valence-electron chi connectivity index (χ0n) is 20.4. The number of carbonyl (C=O) groups is 1. The third kappa shape index (κ3) is 8.10. The van der Waals surface area contributed by atoms with Gasteiger partial charge in [-0.05, 0) is 81.7 Å². The minimum atomic E-state index is -3.83. The molecule has 1 amide bonds. The molecule has 0 aliphatic rings. The molecule has 3 aromatic carbocycles. The maximum atomic E-state index is 12.4. The van der Waals surface area contributed by atoms with Crippen molar-refractivity contribution in [3.05, 3.63) is 83.4 Å². The fourth-order valence-corrected chi connectivity index (χ4v) is 4.58. The highest BCUT2D eigenvalue weighted by Gasteiger charge is 2.15. The number of aryl methyl sites for hydroxylation is 2. The molecule has 0 heterocycles. The van der Waals surface area contributed by atoms with Crippen molar-refractivity contribution in [1.82, 2.24) is 15.2 Å². The Bertz CT molecular complexity index is 1240. The highest BCUT2D eigenvalue weighted by molar-refractivity contribution is 7.98. The molecule has 0 saturated carbocycles. The number of thioether (sulfide) groups is 1. The Morgan fingerprint density at radius 3 is 2.31 bits per heavy atom. The molecule has 0 bridgehead atoms. The maximum Gasteiger partial charge on any atom is 0.257 e. The number of hydrazine groups is 1. The minimum Gasteiger partial charge on any atom is -0.457 e. The second kappa shape index (κ2) is 12.2. The number of hydrogen-bond donors (Lipinski definition) is 2. The molecule has 0 aromatic heterocycles. The van der Waals surface area contributed by atoms with Crippen molar-refractivity contribution in [2.24, 2.45) is 0 Å². The number of carbonyl (C=O) groups excluding carboxylic acids is 1. The lowest BCUT2D eigenvalue weighted by Crippen LogP contribution is -2.41. The predicted molar refractivity (Wildman–Crippen MR) is 140 cm³/mol. The van der Waals surface area contributed by atoms with Crippen LogP contribution in [0.1, 0.15) is 23.1 Å². The summed E-state index contributed by atoms with van der Waals surface area (Å²) in [6.07, 6.45) is 2.57. The highest BCUT2D eigenvalue weighted by Crippen LogP contribution is 2.29. The van der Waals surface area contributed by atoms with Gasteiger partial charge in [0.2, 0.25) is 5.91 Å². The Labute approximate surface area is 211 Å². The summed E-state index contributed by atoms with van der Waals surface area (Å²) in [6.45, 7) is 2.58. The summed E-state index contributed by atoms with van der Waals surface area (Å²) in [5.41, 5.74) is 5.19. The first-order valence-corrected chi connectivity index (χ1v) is 13.8. The molecule has 0 atom stereocenters. The number of sulfonamides is 1. The Kier molecular flexibility index (Phi) is 9.33. The second-order valence-corrected chi connectivity index (χ2v) is 11.0. The number of rotatable bonds is 11. The van der Waals surface area contributed by atoms with E-state index < -0.39 is 15.9 Å². The van der Waals surface area contributed by atoms with E-state index in [-0.39, 0.29) is 11.3 Å². The number of benzene rings is 3. The predicted octanol–water partition coefficient (Wildman–Crippen LogP) is 4.51. The van der Waals surface area contributed by atoms with E-state index in [9.17, 15) is 13.2 Å². The number of hydrogen-bond acceptors (Lipinski definition) is 6. The van der Waals surface area contributed by atoms with Crippen molar-refractivity contribution in [1.29, 1.82) is 0 Å². The Balaban J connectivity index is 1.63. The zero-order chi connectivity index (χ0) is 25.4. The summed E-state index contributed by atoms with van der Waals surface area (Å²) >= 11 is 1.67. The monoisotopic (exact) mass is 513 g/mol. The van der Waals surface area contributed by atoms with Crippen molar-refractivity contribution in [3.8, 4) is 11.5 Å². The standard InChI is InChI=1S/C26H31N3O4S2/c1-19-5-14-24(15-6-19)35(31,32)28-27-26(30)16-8-20-7-9-21(18-29(2)3)25(17-20)33-22-10-12-23(34-4)13-11-22/h5-7,9-15,17,28H,8,16,18H2,1-4H3,(H,27,30). The molecule has 0 aliphatic heterocycles. The van der Waals surface area contributed by atoms with Gasteiger partial charge < -0.3 is 9.64 Å². The summed E-state index contributed by atoms with van der Waals surface area (Å²) in [4.78, 5) is 17.8. The Hall–Kier alpha value is -2.85. The molecule has 7 nitrogen and oxygen atoms in total. The molecular weight excluding hydrogens is 482 g/mol. The van der Waals surface area contributed by atoms with Crippen LogP contribution in [-0.4, -0.2) is 39.6 Å². The van der Waals surface area contributed by atoms with Crippen LogP contribution < -0.4 is 15.0 Å². The van der Waals surface area contributed by atoms with Gasteiger partial charge in [-0.15, -0.1) is 16.6 Å². The van der Waals surface area contributed by atoms with E-state index in [0.717, 1.165) is 33.1 Å². The molecule has 0 unspecified atom stereocenters. The summed E-state index contributed by atoms with van der Waals surface area (Å²) in [5.74, 6) is 1.05. The first-order valence-electron chi connectivity index (χ1n) is 11.1.